The zero-order valence-electron chi connectivity index (χ0n) is 18.2. The molecule has 0 saturated carbocycles. The van der Waals surface area contributed by atoms with E-state index in [2.05, 4.69) is 20.9 Å². The van der Waals surface area contributed by atoms with Gasteiger partial charge in [-0.15, -0.1) is 0 Å². The first kappa shape index (κ1) is 22.2. The summed E-state index contributed by atoms with van der Waals surface area (Å²) in [5.74, 6) is 0.750. The monoisotopic (exact) mass is 480 g/mol. The van der Waals surface area contributed by atoms with Crippen LogP contribution in [0.5, 0.6) is 11.5 Å². The van der Waals surface area contributed by atoms with Crippen LogP contribution < -0.4 is 30.4 Å². The number of sulfonamides is 1. The molecular formula is C24H24N4O5S. The van der Waals surface area contributed by atoms with Gasteiger partial charge in [0.2, 0.25) is 5.91 Å². The molecule has 176 valence electrons. The smallest absolute Gasteiger partial charge is 0.262 e. The molecule has 2 aliphatic rings. The van der Waals surface area contributed by atoms with E-state index in [0.29, 0.717) is 42.5 Å². The predicted molar refractivity (Wildman–Crippen MR) is 127 cm³/mol. The Labute approximate surface area is 197 Å². The molecule has 5 rings (SSSR count). The minimum atomic E-state index is -3.82. The summed E-state index contributed by atoms with van der Waals surface area (Å²) < 4.78 is 39.0. The number of amides is 1. The molecule has 4 N–H and O–H groups in total. The van der Waals surface area contributed by atoms with Crippen LogP contribution in [0.4, 0.5) is 11.4 Å². The van der Waals surface area contributed by atoms with Crippen molar-refractivity contribution in [3.8, 4) is 11.5 Å². The highest BCUT2D eigenvalue weighted by Gasteiger charge is 2.30. The van der Waals surface area contributed by atoms with Crippen LogP contribution in [0, 0.1) is 0 Å². The zero-order valence-corrected chi connectivity index (χ0v) is 19.0. The summed E-state index contributed by atoms with van der Waals surface area (Å²) in [6, 6.07) is 20.6. The summed E-state index contributed by atoms with van der Waals surface area (Å²) in [6.07, 6.45) is 0.614. The van der Waals surface area contributed by atoms with E-state index in [0.717, 1.165) is 5.56 Å². The number of anilines is 2. The summed E-state index contributed by atoms with van der Waals surface area (Å²) in [7, 11) is -3.82. The molecule has 1 saturated heterocycles. The van der Waals surface area contributed by atoms with Gasteiger partial charge in [0, 0.05) is 23.5 Å². The molecule has 2 aliphatic heterocycles. The number of nitrogens with one attached hydrogen (secondary N) is 4. The van der Waals surface area contributed by atoms with Crippen LogP contribution in [-0.2, 0) is 14.8 Å². The van der Waals surface area contributed by atoms with Crippen molar-refractivity contribution in [1.29, 1.82) is 0 Å². The fourth-order valence-corrected chi connectivity index (χ4v) is 4.96. The molecule has 1 amide bonds. The molecule has 10 heteroatoms. The average Bonchev–Trinajstić information content (AvgIpc) is 3.36. The van der Waals surface area contributed by atoms with Crippen molar-refractivity contribution in [2.75, 3.05) is 23.3 Å². The molecule has 3 aromatic carbocycles. The third-order valence-corrected chi connectivity index (χ3v) is 7.03. The van der Waals surface area contributed by atoms with Crippen molar-refractivity contribution in [1.82, 2.24) is 10.9 Å². The van der Waals surface area contributed by atoms with Crippen molar-refractivity contribution in [2.24, 2.45) is 0 Å². The number of fused-ring (bicyclic) bond motifs is 1. The van der Waals surface area contributed by atoms with E-state index in [1.165, 1.54) is 12.1 Å². The highest BCUT2D eigenvalue weighted by Crippen LogP contribution is 2.33. The lowest BCUT2D eigenvalue weighted by Crippen LogP contribution is -2.39. The van der Waals surface area contributed by atoms with Gasteiger partial charge < -0.3 is 14.8 Å². The number of carbonyl (C=O) groups is 1. The first-order valence-corrected chi connectivity index (χ1v) is 12.4. The van der Waals surface area contributed by atoms with Gasteiger partial charge in [0.25, 0.3) is 10.0 Å². The van der Waals surface area contributed by atoms with Crippen LogP contribution in [0.3, 0.4) is 0 Å². The Kier molecular flexibility index (Phi) is 6.10. The molecule has 9 nitrogen and oxygen atoms in total. The second-order valence-electron chi connectivity index (χ2n) is 8.02. The lowest BCUT2D eigenvalue weighted by molar-refractivity contribution is -0.117. The van der Waals surface area contributed by atoms with Gasteiger partial charge in [0.05, 0.1) is 4.90 Å². The Hall–Kier alpha value is -3.60. The number of carbonyl (C=O) groups excluding carboxylic acids is 1. The molecule has 0 radical (unpaired) electrons. The lowest BCUT2D eigenvalue weighted by Gasteiger charge is -2.19. The van der Waals surface area contributed by atoms with Crippen LogP contribution >= 0.6 is 0 Å². The van der Waals surface area contributed by atoms with Gasteiger partial charge in [-0.25, -0.2) is 19.3 Å². The summed E-state index contributed by atoms with van der Waals surface area (Å²) in [6.45, 7) is 0.803. The number of rotatable bonds is 6. The normalized spacial score (nSPS) is 19.4. The van der Waals surface area contributed by atoms with E-state index in [-0.39, 0.29) is 16.8 Å². The van der Waals surface area contributed by atoms with E-state index < -0.39 is 16.1 Å². The fraction of sp³-hybridized carbons (Fsp3) is 0.208. The predicted octanol–water partition coefficient (Wildman–Crippen LogP) is 2.80. The van der Waals surface area contributed by atoms with Crippen molar-refractivity contribution in [3.63, 3.8) is 0 Å². The molecule has 0 spiro atoms. The van der Waals surface area contributed by atoms with Crippen LogP contribution in [0.25, 0.3) is 0 Å². The first-order valence-electron chi connectivity index (χ1n) is 10.9. The second kappa shape index (κ2) is 9.34. The van der Waals surface area contributed by atoms with Crippen LogP contribution in [0.1, 0.15) is 18.0 Å². The maximum absolute atomic E-state index is 12.8. The third kappa shape index (κ3) is 4.84. The molecular weight excluding hydrogens is 456 g/mol. The average molecular weight is 481 g/mol. The van der Waals surface area contributed by atoms with Gasteiger partial charge in [-0.05, 0) is 48.4 Å². The molecule has 0 bridgehead atoms. The van der Waals surface area contributed by atoms with Gasteiger partial charge >= 0.3 is 0 Å². The number of hydrazine groups is 1. The van der Waals surface area contributed by atoms with E-state index in [9.17, 15) is 13.2 Å². The molecule has 34 heavy (non-hydrogen) atoms. The van der Waals surface area contributed by atoms with Gasteiger partial charge in [0.1, 0.15) is 19.3 Å². The van der Waals surface area contributed by atoms with E-state index >= 15 is 0 Å². The largest absolute Gasteiger partial charge is 0.486 e. The van der Waals surface area contributed by atoms with E-state index in [1.54, 1.807) is 30.3 Å². The number of benzene rings is 3. The van der Waals surface area contributed by atoms with E-state index in [4.69, 9.17) is 9.47 Å². The lowest BCUT2D eigenvalue weighted by atomic mass is 10.0. The molecule has 2 heterocycles. The minimum Gasteiger partial charge on any atom is -0.486 e. The highest BCUT2D eigenvalue weighted by molar-refractivity contribution is 7.92. The zero-order chi connectivity index (χ0) is 23.5. The second-order valence-corrected chi connectivity index (χ2v) is 9.70. The Balaban J connectivity index is 1.20. The molecule has 1 fully saturated rings. The SMILES string of the molecule is O=C(Nc1ccc(NS(=O)(=O)c2ccc3c(c2)OCCO3)cc1)C1CC(c2ccccc2)NN1. The van der Waals surface area contributed by atoms with Crippen molar-refractivity contribution in [3.05, 3.63) is 78.4 Å². The van der Waals surface area contributed by atoms with Crippen LogP contribution in [-0.4, -0.2) is 33.6 Å². The van der Waals surface area contributed by atoms with Gasteiger partial charge in [0.15, 0.2) is 11.5 Å². The summed E-state index contributed by atoms with van der Waals surface area (Å²) in [5, 5.41) is 2.86. The number of ether oxygens (including phenoxy) is 2. The molecule has 0 aromatic heterocycles. The third-order valence-electron chi connectivity index (χ3n) is 5.65. The maximum Gasteiger partial charge on any atom is 0.262 e. The van der Waals surface area contributed by atoms with Gasteiger partial charge in [-0.1, -0.05) is 30.3 Å². The molecule has 2 unspecified atom stereocenters. The summed E-state index contributed by atoms with van der Waals surface area (Å²) in [5.41, 5.74) is 8.24. The van der Waals surface area contributed by atoms with Crippen molar-refractivity contribution >= 4 is 27.3 Å². The topological polar surface area (TPSA) is 118 Å². The van der Waals surface area contributed by atoms with Gasteiger partial charge in [-0.3, -0.25) is 9.52 Å². The molecule has 3 aromatic rings. The number of hydrogen-bond acceptors (Lipinski definition) is 7. The Morgan fingerprint density at radius 2 is 1.56 bits per heavy atom. The first-order chi connectivity index (χ1) is 16.5. The van der Waals surface area contributed by atoms with Crippen LogP contribution in [0.15, 0.2) is 77.7 Å². The van der Waals surface area contributed by atoms with Crippen LogP contribution in [0.2, 0.25) is 0 Å². The summed E-state index contributed by atoms with van der Waals surface area (Å²) in [4.78, 5) is 12.7. The van der Waals surface area contributed by atoms with Gasteiger partial charge in [-0.2, -0.15) is 0 Å². The standard InChI is InChI=1S/C24H24N4O5S/c29-24(21-15-20(26-27-21)16-4-2-1-3-5-16)25-17-6-8-18(9-7-17)28-34(30,31)19-10-11-22-23(14-19)33-13-12-32-22/h1-11,14,20-21,26-28H,12-13,15H2,(H,25,29). The Morgan fingerprint density at radius 3 is 2.32 bits per heavy atom. The molecule has 0 aliphatic carbocycles. The fourth-order valence-electron chi connectivity index (χ4n) is 3.89. The highest BCUT2D eigenvalue weighted by atomic mass is 32.2. The molecule has 2 atom stereocenters. The summed E-state index contributed by atoms with van der Waals surface area (Å²) >= 11 is 0. The number of hydrogen-bond donors (Lipinski definition) is 4. The van der Waals surface area contributed by atoms with E-state index in [1.807, 2.05) is 30.3 Å². The van der Waals surface area contributed by atoms with Crippen molar-refractivity contribution < 1.29 is 22.7 Å². The minimum absolute atomic E-state index is 0.0503. The Morgan fingerprint density at radius 1 is 0.853 bits per heavy atom. The maximum atomic E-state index is 12.8. The Bertz CT molecular complexity index is 1280. The van der Waals surface area contributed by atoms with Crippen molar-refractivity contribution in [2.45, 2.75) is 23.4 Å². The quantitative estimate of drug-likeness (QED) is 0.429.